The molecule has 0 spiro atoms. The van der Waals surface area contributed by atoms with E-state index in [1.54, 1.807) is 0 Å². The lowest BCUT2D eigenvalue weighted by Crippen LogP contribution is -1.95. The number of alkyl halides is 2. The third-order valence-electron chi connectivity index (χ3n) is 1.75. The molecule has 0 aliphatic heterocycles. The molecule has 0 atom stereocenters. The van der Waals surface area contributed by atoms with Crippen LogP contribution in [0.15, 0.2) is 12.1 Å². The fourth-order valence-corrected chi connectivity index (χ4v) is 1.34. The van der Waals surface area contributed by atoms with Gasteiger partial charge in [-0.25, -0.2) is 8.78 Å². The van der Waals surface area contributed by atoms with Gasteiger partial charge < -0.3 is 0 Å². The Labute approximate surface area is 83.4 Å². The molecular weight excluding hydrogens is 216 g/mol. The van der Waals surface area contributed by atoms with Crippen molar-refractivity contribution < 1.29 is 13.7 Å². The highest BCUT2D eigenvalue weighted by molar-refractivity contribution is 6.31. The lowest BCUT2D eigenvalue weighted by atomic mass is 10.1. The number of rotatable bonds is 2. The lowest BCUT2D eigenvalue weighted by Gasteiger charge is -2.04. The fraction of sp³-hybridized carbons (Fsp3) is 0.250. The van der Waals surface area contributed by atoms with Crippen molar-refractivity contribution in [2.45, 2.75) is 13.3 Å². The van der Waals surface area contributed by atoms with Crippen LogP contribution in [0.3, 0.4) is 0 Å². The van der Waals surface area contributed by atoms with Gasteiger partial charge in [0.15, 0.2) is 0 Å². The van der Waals surface area contributed by atoms with Gasteiger partial charge in [-0.3, -0.25) is 10.1 Å². The predicted molar refractivity (Wildman–Crippen MR) is 47.8 cm³/mol. The maximum Gasteiger partial charge on any atom is 0.272 e. The minimum Gasteiger partial charge on any atom is -0.258 e. The third kappa shape index (κ3) is 1.98. The molecule has 1 rings (SSSR count). The summed E-state index contributed by atoms with van der Waals surface area (Å²) in [5, 5.41) is 10.3. The molecule has 0 aliphatic carbocycles. The Hall–Kier alpha value is -1.23. The van der Waals surface area contributed by atoms with Crippen LogP contribution in [-0.2, 0) is 0 Å². The van der Waals surface area contributed by atoms with Gasteiger partial charge in [-0.2, -0.15) is 0 Å². The van der Waals surface area contributed by atoms with Gasteiger partial charge in [-0.1, -0.05) is 11.6 Å². The van der Waals surface area contributed by atoms with E-state index in [1.165, 1.54) is 13.0 Å². The molecule has 0 saturated heterocycles. The van der Waals surface area contributed by atoms with Gasteiger partial charge in [0.25, 0.3) is 12.1 Å². The highest BCUT2D eigenvalue weighted by Crippen LogP contribution is 2.32. The minimum absolute atomic E-state index is 0.150. The molecule has 0 amide bonds. The van der Waals surface area contributed by atoms with Gasteiger partial charge in [-0.15, -0.1) is 0 Å². The fourth-order valence-electron chi connectivity index (χ4n) is 1.04. The Morgan fingerprint density at radius 1 is 1.50 bits per heavy atom. The Kier molecular flexibility index (Phi) is 3.00. The predicted octanol–water partition coefficient (Wildman–Crippen LogP) is 3.49. The molecule has 0 N–H and O–H groups in total. The molecule has 0 aliphatic rings. The molecule has 0 heterocycles. The molecule has 14 heavy (non-hydrogen) atoms. The summed E-state index contributed by atoms with van der Waals surface area (Å²) < 4.78 is 24.6. The normalized spacial score (nSPS) is 10.6. The maximum absolute atomic E-state index is 12.3. The van der Waals surface area contributed by atoms with Crippen molar-refractivity contribution in [3.05, 3.63) is 38.4 Å². The molecule has 0 radical (unpaired) electrons. The first kappa shape index (κ1) is 10.8. The van der Waals surface area contributed by atoms with Crippen molar-refractivity contribution in [3.63, 3.8) is 0 Å². The van der Waals surface area contributed by atoms with Crippen LogP contribution < -0.4 is 0 Å². The molecule has 3 nitrogen and oxygen atoms in total. The molecule has 0 saturated carbocycles. The molecule has 0 unspecified atom stereocenters. The van der Waals surface area contributed by atoms with E-state index >= 15 is 0 Å². The van der Waals surface area contributed by atoms with Crippen LogP contribution in [-0.4, -0.2) is 4.92 Å². The quantitative estimate of drug-likeness (QED) is 0.567. The topological polar surface area (TPSA) is 43.1 Å². The number of hydrogen-bond acceptors (Lipinski definition) is 2. The van der Waals surface area contributed by atoms with Crippen molar-refractivity contribution in [1.82, 2.24) is 0 Å². The van der Waals surface area contributed by atoms with Gasteiger partial charge >= 0.3 is 0 Å². The molecule has 0 bridgehead atoms. The first-order chi connectivity index (χ1) is 6.43. The van der Waals surface area contributed by atoms with E-state index in [0.717, 1.165) is 6.07 Å². The van der Waals surface area contributed by atoms with Crippen LogP contribution in [0.25, 0.3) is 0 Å². The molecule has 76 valence electrons. The zero-order valence-electron chi connectivity index (χ0n) is 7.13. The van der Waals surface area contributed by atoms with E-state index in [9.17, 15) is 18.9 Å². The van der Waals surface area contributed by atoms with E-state index in [0.29, 0.717) is 0 Å². The van der Waals surface area contributed by atoms with Crippen molar-refractivity contribution in [1.29, 1.82) is 0 Å². The lowest BCUT2D eigenvalue weighted by molar-refractivity contribution is -0.385. The van der Waals surface area contributed by atoms with Crippen LogP contribution >= 0.6 is 11.6 Å². The summed E-state index contributed by atoms with van der Waals surface area (Å²) in [4.78, 5) is 9.71. The summed E-state index contributed by atoms with van der Waals surface area (Å²) in [5.74, 6) is 0. The van der Waals surface area contributed by atoms with E-state index in [4.69, 9.17) is 11.6 Å². The number of halogens is 3. The molecular formula is C8H6ClF2NO2. The standard InChI is InChI=1S/C8H6ClF2NO2/c1-4-2-6(9)5(8(10)11)3-7(4)12(13)14/h2-3,8H,1H3. The Bertz CT molecular complexity index is 382. The van der Waals surface area contributed by atoms with E-state index < -0.39 is 16.9 Å². The number of aryl methyl sites for hydroxylation is 1. The van der Waals surface area contributed by atoms with Crippen LogP contribution in [0.2, 0.25) is 5.02 Å². The average Bonchev–Trinajstić information content (AvgIpc) is 2.02. The summed E-state index contributed by atoms with van der Waals surface area (Å²) in [6.07, 6.45) is -2.80. The van der Waals surface area contributed by atoms with Crippen LogP contribution in [0.5, 0.6) is 0 Å². The van der Waals surface area contributed by atoms with Crippen LogP contribution in [0, 0.1) is 17.0 Å². The second-order valence-corrected chi connectivity index (χ2v) is 3.13. The van der Waals surface area contributed by atoms with Gasteiger partial charge in [0, 0.05) is 17.2 Å². The van der Waals surface area contributed by atoms with Crippen molar-refractivity contribution in [3.8, 4) is 0 Å². The zero-order chi connectivity index (χ0) is 10.9. The second kappa shape index (κ2) is 3.88. The van der Waals surface area contributed by atoms with Gasteiger partial charge in [0.1, 0.15) is 0 Å². The second-order valence-electron chi connectivity index (χ2n) is 2.72. The molecule has 1 aromatic rings. The third-order valence-corrected chi connectivity index (χ3v) is 2.07. The van der Waals surface area contributed by atoms with Crippen molar-refractivity contribution >= 4 is 17.3 Å². The molecule has 6 heteroatoms. The number of benzene rings is 1. The monoisotopic (exact) mass is 221 g/mol. The Morgan fingerprint density at radius 2 is 2.07 bits per heavy atom. The summed E-state index contributed by atoms with van der Waals surface area (Å²) in [6.45, 7) is 1.44. The largest absolute Gasteiger partial charge is 0.272 e. The van der Waals surface area contributed by atoms with E-state index in [-0.39, 0.29) is 16.3 Å². The summed E-state index contributed by atoms with van der Waals surface area (Å²) >= 11 is 5.50. The Morgan fingerprint density at radius 3 is 2.50 bits per heavy atom. The zero-order valence-corrected chi connectivity index (χ0v) is 7.89. The average molecular weight is 222 g/mol. The van der Waals surface area contributed by atoms with E-state index in [2.05, 4.69) is 0 Å². The number of nitro groups is 1. The van der Waals surface area contributed by atoms with E-state index in [1.807, 2.05) is 0 Å². The minimum atomic E-state index is -2.80. The highest BCUT2D eigenvalue weighted by atomic mass is 35.5. The first-order valence-electron chi connectivity index (χ1n) is 3.66. The van der Waals surface area contributed by atoms with Crippen LogP contribution in [0.1, 0.15) is 17.6 Å². The number of hydrogen-bond donors (Lipinski definition) is 0. The highest BCUT2D eigenvalue weighted by Gasteiger charge is 2.19. The smallest absolute Gasteiger partial charge is 0.258 e. The SMILES string of the molecule is Cc1cc(Cl)c(C(F)F)cc1[N+](=O)[O-]. The Balaban J connectivity index is 3.34. The van der Waals surface area contributed by atoms with Gasteiger partial charge in [0.2, 0.25) is 0 Å². The van der Waals surface area contributed by atoms with Crippen molar-refractivity contribution in [2.24, 2.45) is 0 Å². The van der Waals surface area contributed by atoms with Crippen molar-refractivity contribution in [2.75, 3.05) is 0 Å². The van der Waals surface area contributed by atoms with Gasteiger partial charge in [-0.05, 0) is 13.0 Å². The maximum atomic E-state index is 12.3. The molecule has 1 aromatic carbocycles. The summed E-state index contributed by atoms with van der Waals surface area (Å²) in [6, 6.07) is 1.98. The first-order valence-corrected chi connectivity index (χ1v) is 4.04. The summed E-state index contributed by atoms with van der Waals surface area (Å²) in [7, 11) is 0. The van der Waals surface area contributed by atoms with Gasteiger partial charge in [0.05, 0.1) is 9.95 Å². The van der Waals surface area contributed by atoms with Crippen LogP contribution in [0.4, 0.5) is 14.5 Å². The molecule has 0 fully saturated rings. The molecule has 0 aromatic heterocycles. The summed E-state index contributed by atoms with van der Waals surface area (Å²) in [5.41, 5.74) is -0.585. The number of nitro benzene ring substituents is 1. The number of nitrogens with zero attached hydrogens (tertiary/aromatic N) is 1.